The lowest BCUT2D eigenvalue weighted by atomic mass is 9.90. The van der Waals surface area contributed by atoms with Crippen molar-refractivity contribution in [3.8, 4) is 5.75 Å². The molecule has 5 heteroatoms. The summed E-state index contributed by atoms with van der Waals surface area (Å²) in [6.07, 6.45) is 0.952. The number of likely N-dealkylation sites (tertiary alicyclic amines) is 1. The van der Waals surface area contributed by atoms with Gasteiger partial charge in [-0.15, -0.1) is 0 Å². The molecule has 0 aromatic heterocycles. The molecule has 4 nitrogen and oxygen atoms in total. The summed E-state index contributed by atoms with van der Waals surface area (Å²) in [6.45, 7) is 4.20. The summed E-state index contributed by atoms with van der Waals surface area (Å²) in [5.74, 6) is 0.613. The van der Waals surface area contributed by atoms with Crippen LogP contribution >= 0.6 is 15.9 Å². The van der Waals surface area contributed by atoms with Gasteiger partial charge in [-0.05, 0) is 36.6 Å². The molecule has 0 aliphatic carbocycles. The van der Waals surface area contributed by atoms with Crippen molar-refractivity contribution in [3.63, 3.8) is 0 Å². The highest BCUT2D eigenvalue weighted by molar-refractivity contribution is 9.10. The number of hydrogen-bond acceptors (Lipinski definition) is 3. The number of carbonyl (C=O) groups excluding carboxylic acids is 1. The zero-order chi connectivity index (χ0) is 14.0. The van der Waals surface area contributed by atoms with Gasteiger partial charge in [0.25, 0.3) is 5.91 Å². The number of halogens is 1. The van der Waals surface area contributed by atoms with Crippen molar-refractivity contribution in [1.29, 1.82) is 0 Å². The van der Waals surface area contributed by atoms with E-state index in [9.17, 15) is 4.79 Å². The minimum absolute atomic E-state index is 0.0153. The second kappa shape index (κ2) is 5.51. The van der Waals surface area contributed by atoms with Crippen LogP contribution in [0.25, 0.3) is 0 Å². The van der Waals surface area contributed by atoms with Gasteiger partial charge in [0, 0.05) is 17.6 Å². The minimum atomic E-state index is 0.0153. The highest BCUT2D eigenvalue weighted by Gasteiger charge is 2.35. The molecule has 0 bridgehead atoms. The van der Waals surface area contributed by atoms with E-state index in [1.807, 2.05) is 17.0 Å². The second-order valence-electron chi connectivity index (χ2n) is 5.34. The predicted molar refractivity (Wildman–Crippen MR) is 78.4 cm³/mol. The third-order valence-electron chi connectivity index (χ3n) is 3.73. The average Bonchev–Trinajstić information content (AvgIpc) is 2.81. The number of benzene rings is 1. The third-order valence-corrected chi connectivity index (χ3v) is 4.23. The van der Waals surface area contributed by atoms with Crippen LogP contribution in [-0.4, -0.2) is 37.6 Å². The summed E-state index contributed by atoms with van der Waals surface area (Å²) in [4.78, 5) is 14.4. The van der Waals surface area contributed by atoms with Gasteiger partial charge in [0.15, 0.2) is 0 Å². The lowest BCUT2D eigenvalue weighted by molar-refractivity contribution is 0.0773. The van der Waals surface area contributed by atoms with Gasteiger partial charge in [0.2, 0.25) is 0 Å². The number of methoxy groups -OCH3 is 1. The van der Waals surface area contributed by atoms with Crippen LogP contribution < -0.4 is 10.5 Å². The highest BCUT2D eigenvalue weighted by atomic mass is 79.9. The molecular weight excluding hydrogens is 308 g/mol. The van der Waals surface area contributed by atoms with Gasteiger partial charge in [-0.3, -0.25) is 4.79 Å². The minimum Gasteiger partial charge on any atom is -0.496 e. The smallest absolute Gasteiger partial charge is 0.257 e. The van der Waals surface area contributed by atoms with Gasteiger partial charge in [0.1, 0.15) is 5.75 Å². The van der Waals surface area contributed by atoms with E-state index in [1.54, 1.807) is 13.2 Å². The number of nitrogens with two attached hydrogens (primary N) is 1. The van der Waals surface area contributed by atoms with Crippen LogP contribution in [0.3, 0.4) is 0 Å². The van der Waals surface area contributed by atoms with Gasteiger partial charge < -0.3 is 15.4 Å². The SMILES string of the molecule is COc1cc(Br)ccc1C(=O)N1CCC(C)(CN)C1. The van der Waals surface area contributed by atoms with E-state index in [4.69, 9.17) is 10.5 Å². The first-order valence-electron chi connectivity index (χ1n) is 6.32. The van der Waals surface area contributed by atoms with E-state index in [0.717, 1.165) is 17.4 Å². The zero-order valence-electron chi connectivity index (χ0n) is 11.3. The van der Waals surface area contributed by atoms with Crippen LogP contribution in [0.4, 0.5) is 0 Å². The molecule has 19 heavy (non-hydrogen) atoms. The first-order valence-corrected chi connectivity index (χ1v) is 7.11. The fraction of sp³-hybridized carbons (Fsp3) is 0.500. The molecule has 2 rings (SSSR count). The molecule has 1 saturated heterocycles. The van der Waals surface area contributed by atoms with Gasteiger partial charge in [-0.1, -0.05) is 22.9 Å². The maximum Gasteiger partial charge on any atom is 0.257 e. The normalized spacial score (nSPS) is 22.6. The van der Waals surface area contributed by atoms with E-state index >= 15 is 0 Å². The van der Waals surface area contributed by atoms with Crippen molar-refractivity contribution in [3.05, 3.63) is 28.2 Å². The first-order chi connectivity index (χ1) is 8.99. The summed E-state index contributed by atoms with van der Waals surface area (Å²) < 4.78 is 6.18. The Hall–Kier alpha value is -1.07. The molecule has 1 fully saturated rings. The summed E-state index contributed by atoms with van der Waals surface area (Å²) in [6, 6.07) is 5.46. The van der Waals surface area contributed by atoms with Crippen LogP contribution in [0, 0.1) is 5.41 Å². The van der Waals surface area contributed by atoms with E-state index in [0.29, 0.717) is 24.4 Å². The summed E-state index contributed by atoms with van der Waals surface area (Å²) in [5.41, 5.74) is 6.42. The number of nitrogens with zero attached hydrogens (tertiary/aromatic N) is 1. The maximum absolute atomic E-state index is 12.5. The van der Waals surface area contributed by atoms with Crippen LogP contribution in [0.5, 0.6) is 5.75 Å². The fourth-order valence-electron chi connectivity index (χ4n) is 2.38. The number of rotatable bonds is 3. The van der Waals surface area contributed by atoms with Crippen LogP contribution in [0.1, 0.15) is 23.7 Å². The molecule has 0 radical (unpaired) electrons. The largest absolute Gasteiger partial charge is 0.496 e. The quantitative estimate of drug-likeness (QED) is 0.927. The second-order valence-corrected chi connectivity index (χ2v) is 6.25. The summed E-state index contributed by atoms with van der Waals surface area (Å²) in [5, 5.41) is 0. The molecule has 1 aromatic rings. The average molecular weight is 327 g/mol. The molecule has 0 saturated carbocycles. The number of amides is 1. The predicted octanol–water partition coefficient (Wildman–Crippen LogP) is 2.27. The number of ether oxygens (including phenoxy) is 1. The molecule has 1 heterocycles. The molecular formula is C14H19BrN2O2. The topological polar surface area (TPSA) is 55.6 Å². The Bertz CT molecular complexity index is 492. The lowest BCUT2D eigenvalue weighted by Crippen LogP contribution is -2.34. The molecule has 1 aliphatic heterocycles. The van der Waals surface area contributed by atoms with Crippen molar-refractivity contribution in [2.45, 2.75) is 13.3 Å². The first kappa shape index (κ1) is 14.3. The van der Waals surface area contributed by atoms with Crippen molar-refractivity contribution < 1.29 is 9.53 Å². The van der Waals surface area contributed by atoms with Crippen molar-refractivity contribution in [2.75, 3.05) is 26.7 Å². The number of carbonyl (C=O) groups is 1. The van der Waals surface area contributed by atoms with Gasteiger partial charge in [0.05, 0.1) is 12.7 Å². The van der Waals surface area contributed by atoms with Gasteiger partial charge in [-0.2, -0.15) is 0 Å². The molecule has 2 N–H and O–H groups in total. The van der Waals surface area contributed by atoms with E-state index in [2.05, 4.69) is 22.9 Å². The Balaban J connectivity index is 2.21. The Kier molecular flexibility index (Phi) is 4.16. The fourth-order valence-corrected chi connectivity index (χ4v) is 2.72. The lowest BCUT2D eigenvalue weighted by Gasteiger charge is -2.23. The molecule has 1 amide bonds. The van der Waals surface area contributed by atoms with E-state index in [-0.39, 0.29) is 11.3 Å². The van der Waals surface area contributed by atoms with Gasteiger partial charge >= 0.3 is 0 Å². The van der Waals surface area contributed by atoms with E-state index in [1.165, 1.54) is 0 Å². The van der Waals surface area contributed by atoms with Crippen molar-refractivity contribution >= 4 is 21.8 Å². The van der Waals surface area contributed by atoms with Crippen molar-refractivity contribution in [1.82, 2.24) is 4.90 Å². The highest BCUT2D eigenvalue weighted by Crippen LogP contribution is 2.31. The summed E-state index contributed by atoms with van der Waals surface area (Å²) >= 11 is 3.38. The molecule has 1 aromatic carbocycles. The van der Waals surface area contributed by atoms with Gasteiger partial charge in [-0.25, -0.2) is 0 Å². The van der Waals surface area contributed by atoms with Crippen LogP contribution in [-0.2, 0) is 0 Å². The van der Waals surface area contributed by atoms with E-state index < -0.39 is 0 Å². The number of hydrogen-bond donors (Lipinski definition) is 1. The molecule has 1 atom stereocenters. The maximum atomic E-state index is 12.5. The van der Waals surface area contributed by atoms with Crippen molar-refractivity contribution in [2.24, 2.45) is 11.1 Å². The third kappa shape index (κ3) is 2.92. The van der Waals surface area contributed by atoms with Crippen LogP contribution in [0.15, 0.2) is 22.7 Å². The molecule has 104 valence electrons. The standard InChI is InChI=1S/C14H19BrN2O2/c1-14(8-16)5-6-17(9-14)13(18)11-4-3-10(15)7-12(11)19-2/h3-4,7H,5-6,8-9,16H2,1-2H3. The molecule has 1 unspecified atom stereocenters. The Labute approximate surface area is 122 Å². The molecule has 1 aliphatic rings. The Morgan fingerprint density at radius 3 is 2.89 bits per heavy atom. The van der Waals surface area contributed by atoms with Crippen LogP contribution in [0.2, 0.25) is 0 Å². The Morgan fingerprint density at radius 1 is 1.58 bits per heavy atom. The monoisotopic (exact) mass is 326 g/mol. The Morgan fingerprint density at radius 2 is 2.32 bits per heavy atom. The zero-order valence-corrected chi connectivity index (χ0v) is 12.9. The molecule has 0 spiro atoms. The summed E-state index contributed by atoms with van der Waals surface area (Å²) in [7, 11) is 1.58.